The molecule has 1 saturated carbocycles. The molecule has 2 aliphatic rings. The fourth-order valence-corrected chi connectivity index (χ4v) is 3.73. The number of benzene rings is 1. The van der Waals surface area contributed by atoms with Gasteiger partial charge in [-0.2, -0.15) is 0 Å². The molecule has 0 radical (unpaired) electrons. The van der Waals surface area contributed by atoms with E-state index in [-0.39, 0.29) is 0 Å². The predicted molar refractivity (Wildman–Crippen MR) is 76.4 cm³/mol. The van der Waals surface area contributed by atoms with E-state index in [9.17, 15) is 0 Å². The van der Waals surface area contributed by atoms with Crippen molar-refractivity contribution in [1.29, 1.82) is 0 Å². The van der Waals surface area contributed by atoms with E-state index in [1.807, 2.05) is 11.3 Å². The molecular formula is C14H17N3S. The molecule has 1 aromatic carbocycles. The van der Waals surface area contributed by atoms with E-state index in [2.05, 4.69) is 34.1 Å². The lowest BCUT2D eigenvalue weighted by Crippen LogP contribution is -2.47. The van der Waals surface area contributed by atoms with Gasteiger partial charge in [-0.05, 0) is 25.0 Å². The van der Waals surface area contributed by atoms with Gasteiger partial charge in [-0.3, -0.25) is 4.90 Å². The second-order valence-corrected chi connectivity index (χ2v) is 6.23. The SMILES string of the molecule is c1ccc2sc(N3CCN(C4CC4)CC3)nc2c1. The van der Waals surface area contributed by atoms with E-state index in [1.54, 1.807) is 0 Å². The number of rotatable bonds is 2. The number of hydrogen-bond donors (Lipinski definition) is 0. The fourth-order valence-electron chi connectivity index (χ4n) is 2.71. The number of hydrogen-bond acceptors (Lipinski definition) is 4. The molecule has 0 spiro atoms. The Morgan fingerprint density at radius 1 is 1.06 bits per heavy atom. The van der Waals surface area contributed by atoms with Crippen LogP contribution in [0.15, 0.2) is 24.3 Å². The fraction of sp³-hybridized carbons (Fsp3) is 0.500. The van der Waals surface area contributed by atoms with Crippen LogP contribution >= 0.6 is 11.3 Å². The number of anilines is 1. The Kier molecular flexibility index (Phi) is 2.52. The maximum absolute atomic E-state index is 4.75. The standard InChI is InChI=1S/C14H17N3S/c1-2-4-13-12(3-1)15-14(18-13)17-9-7-16(8-10-17)11-5-6-11/h1-4,11H,5-10H2. The maximum atomic E-state index is 4.75. The van der Waals surface area contributed by atoms with Gasteiger partial charge < -0.3 is 4.90 Å². The summed E-state index contributed by atoms with van der Waals surface area (Å²) in [7, 11) is 0. The first kappa shape index (κ1) is 10.8. The number of piperazine rings is 1. The lowest BCUT2D eigenvalue weighted by molar-refractivity contribution is 0.248. The van der Waals surface area contributed by atoms with E-state index >= 15 is 0 Å². The van der Waals surface area contributed by atoms with Crippen LogP contribution in [0, 0.1) is 0 Å². The van der Waals surface area contributed by atoms with Gasteiger partial charge in [0.15, 0.2) is 5.13 Å². The van der Waals surface area contributed by atoms with Crippen molar-refractivity contribution in [3.63, 3.8) is 0 Å². The molecule has 0 bridgehead atoms. The molecule has 0 amide bonds. The topological polar surface area (TPSA) is 19.4 Å². The highest BCUT2D eigenvalue weighted by Gasteiger charge is 2.31. The number of aromatic nitrogens is 1. The highest BCUT2D eigenvalue weighted by Crippen LogP contribution is 2.31. The Morgan fingerprint density at radius 3 is 2.56 bits per heavy atom. The Morgan fingerprint density at radius 2 is 1.83 bits per heavy atom. The molecule has 4 rings (SSSR count). The summed E-state index contributed by atoms with van der Waals surface area (Å²) in [5, 5.41) is 1.20. The molecule has 0 N–H and O–H groups in total. The normalized spacial score (nSPS) is 21.7. The van der Waals surface area contributed by atoms with E-state index in [4.69, 9.17) is 4.98 Å². The number of para-hydroxylation sites is 1. The van der Waals surface area contributed by atoms with Gasteiger partial charge in [-0.25, -0.2) is 4.98 Å². The third-order valence-corrected chi connectivity index (χ3v) is 5.03. The predicted octanol–water partition coefficient (Wildman–Crippen LogP) is 2.58. The van der Waals surface area contributed by atoms with E-state index in [1.165, 1.54) is 35.8 Å². The van der Waals surface area contributed by atoms with Crippen molar-refractivity contribution < 1.29 is 0 Å². The zero-order valence-electron chi connectivity index (χ0n) is 10.4. The van der Waals surface area contributed by atoms with Crippen LogP contribution in [0.25, 0.3) is 10.2 Å². The quantitative estimate of drug-likeness (QED) is 0.826. The van der Waals surface area contributed by atoms with Crippen molar-refractivity contribution in [1.82, 2.24) is 9.88 Å². The minimum absolute atomic E-state index is 0.905. The number of thiazole rings is 1. The molecule has 1 aliphatic carbocycles. The molecule has 2 heterocycles. The van der Waals surface area contributed by atoms with Crippen LogP contribution in [-0.2, 0) is 0 Å². The molecule has 0 atom stereocenters. The zero-order chi connectivity index (χ0) is 11.9. The van der Waals surface area contributed by atoms with Crippen LogP contribution in [0.5, 0.6) is 0 Å². The summed E-state index contributed by atoms with van der Waals surface area (Å²) in [6.45, 7) is 4.69. The van der Waals surface area contributed by atoms with Gasteiger partial charge in [0.2, 0.25) is 0 Å². The van der Waals surface area contributed by atoms with Gasteiger partial charge in [-0.15, -0.1) is 0 Å². The summed E-state index contributed by atoms with van der Waals surface area (Å²) < 4.78 is 1.30. The van der Waals surface area contributed by atoms with Crippen molar-refractivity contribution in [3.05, 3.63) is 24.3 Å². The van der Waals surface area contributed by atoms with Gasteiger partial charge in [-0.1, -0.05) is 23.5 Å². The largest absolute Gasteiger partial charge is 0.345 e. The van der Waals surface area contributed by atoms with Gasteiger partial charge in [0.1, 0.15) is 0 Å². The Hall–Kier alpha value is -1.13. The smallest absolute Gasteiger partial charge is 0.186 e. The van der Waals surface area contributed by atoms with E-state index in [0.29, 0.717) is 0 Å². The minimum Gasteiger partial charge on any atom is -0.345 e. The van der Waals surface area contributed by atoms with Crippen LogP contribution in [0.4, 0.5) is 5.13 Å². The molecule has 2 aromatic rings. The molecule has 94 valence electrons. The molecule has 0 unspecified atom stereocenters. The minimum atomic E-state index is 0.905. The molecule has 3 nitrogen and oxygen atoms in total. The molecular weight excluding hydrogens is 242 g/mol. The Labute approximate surface area is 111 Å². The van der Waals surface area contributed by atoms with Crippen molar-refractivity contribution in [3.8, 4) is 0 Å². The average molecular weight is 259 g/mol. The van der Waals surface area contributed by atoms with E-state index < -0.39 is 0 Å². The summed E-state index contributed by atoms with van der Waals surface area (Å²) in [6, 6.07) is 9.33. The summed E-state index contributed by atoms with van der Waals surface area (Å²) in [4.78, 5) is 9.84. The second kappa shape index (κ2) is 4.21. The van der Waals surface area contributed by atoms with Crippen LogP contribution < -0.4 is 4.90 Å². The van der Waals surface area contributed by atoms with Crippen molar-refractivity contribution in [2.75, 3.05) is 31.1 Å². The highest BCUT2D eigenvalue weighted by molar-refractivity contribution is 7.22. The van der Waals surface area contributed by atoms with E-state index in [0.717, 1.165) is 24.6 Å². The first-order valence-electron chi connectivity index (χ1n) is 6.75. The third kappa shape index (κ3) is 1.89. The second-order valence-electron chi connectivity index (χ2n) is 5.22. The van der Waals surface area contributed by atoms with Crippen LogP contribution in [0.1, 0.15) is 12.8 Å². The summed E-state index contributed by atoms with van der Waals surface area (Å²) in [5.41, 5.74) is 1.14. The monoisotopic (exact) mass is 259 g/mol. The Bertz CT molecular complexity index is 520. The lowest BCUT2D eigenvalue weighted by atomic mass is 10.3. The molecule has 1 aliphatic heterocycles. The number of fused-ring (bicyclic) bond motifs is 1. The van der Waals surface area contributed by atoms with Gasteiger partial charge >= 0.3 is 0 Å². The van der Waals surface area contributed by atoms with Crippen LogP contribution in [0.2, 0.25) is 0 Å². The first-order valence-corrected chi connectivity index (χ1v) is 7.56. The third-order valence-electron chi connectivity index (χ3n) is 3.93. The van der Waals surface area contributed by atoms with Crippen molar-refractivity contribution >= 4 is 26.7 Å². The lowest BCUT2D eigenvalue weighted by Gasteiger charge is -2.34. The Balaban J connectivity index is 1.52. The molecule has 1 aromatic heterocycles. The van der Waals surface area contributed by atoms with Gasteiger partial charge in [0.05, 0.1) is 10.2 Å². The average Bonchev–Trinajstić information content (AvgIpc) is 3.18. The summed E-state index contributed by atoms with van der Waals surface area (Å²) in [6.07, 6.45) is 2.84. The molecule has 18 heavy (non-hydrogen) atoms. The van der Waals surface area contributed by atoms with Gasteiger partial charge in [0, 0.05) is 32.2 Å². The summed E-state index contributed by atoms with van der Waals surface area (Å²) >= 11 is 1.83. The molecule has 4 heteroatoms. The summed E-state index contributed by atoms with van der Waals surface area (Å²) in [5.74, 6) is 0. The van der Waals surface area contributed by atoms with Crippen LogP contribution in [-0.4, -0.2) is 42.1 Å². The van der Waals surface area contributed by atoms with Crippen LogP contribution in [0.3, 0.4) is 0 Å². The van der Waals surface area contributed by atoms with Crippen molar-refractivity contribution in [2.24, 2.45) is 0 Å². The van der Waals surface area contributed by atoms with Crippen molar-refractivity contribution in [2.45, 2.75) is 18.9 Å². The molecule has 2 fully saturated rings. The number of nitrogens with zero attached hydrogens (tertiary/aromatic N) is 3. The molecule has 1 saturated heterocycles. The zero-order valence-corrected chi connectivity index (χ0v) is 11.2. The maximum Gasteiger partial charge on any atom is 0.186 e. The van der Waals surface area contributed by atoms with Gasteiger partial charge in [0.25, 0.3) is 0 Å². The highest BCUT2D eigenvalue weighted by atomic mass is 32.1. The first-order chi connectivity index (χ1) is 8.90.